The number of hydrogen-bond donors (Lipinski definition) is 0. The Kier molecular flexibility index (Phi) is 1.88. The van der Waals surface area contributed by atoms with Crippen molar-refractivity contribution in [1.29, 1.82) is 0 Å². The second-order valence-corrected chi connectivity index (χ2v) is 5.07. The van der Waals surface area contributed by atoms with Gasteiger partial charge in [-0.25, -0.2) is 0 Å². The molecule has 1 fully saturated rings. The molecule has 0 bridgehead atoms. The van der Waals surface area contributed by atoms with Crippen LogP contribution in [0.5, 0.6) is 0 Å². The summed E-state index contributed by atoms with van der Waals surface area (Å²) in [6, 6.07) is 3.58. The minimum Gasteiger partial charge on any atom is -0.299 e. The van der Waals surface area contributed by atoms with E-state index >= 15 is 0 Å². The molecule has 0 amide bonds. The van der Waals surface area contributed by atoms with E-state index in [1.54, 1.807) is 10.6 Å². The lowest BCUT2D eigenvalue weighted by Gasteiger charge is -2.25. The Morgan fingerprint density at radius 1 is 1.19 bits per heavy atom. The van der Waals surface area contributed by atoms with Gasteiger partial charge in [-0.15, -0.1) is 0 Å². The van der Waals surface area contributed by atoms with Crippen LogP contribution < -0.4 is 5.56 Å². The maximum absolute atomic E-state index is 12.2. The Hall–Kier alpha value is -1.38. The number of carbonyl (C=O) groups is 1. The lowest BCUT2D eigenvalue weighted by molar-refractivity contribution is 0.0971. The highest BCUT2D eigenvalue weighted by molar-refractivity contribution is 5.97. The highest BCUT2D eigenvalue weighted by atomic mass is 16.1. The van der Waals surface area contributed by atoms with E-state index in [4.69, 9.17) is 0 Å². The van der Waals surface area contributed by atoms with Gasteiger partial charge in [-0.3, -0.25) is 14.2 Å². The van der Waals surface area contributed by atoms with Gasteiger partial charge in [-0.2, -0.15) is 0 Å². The zero-order chi connectivity index (χ0) is 11.3. The second kappa shape index (κ2) is 3.06. The topological polar surface area (TPSA) is 39.1 Å². The van der Waals surface area contributed by atoms with E-state index in [1.165, 1.54) is 0 Å². The van der Waals surface area contributed by atoms with Crippen molar-refractivity contribution in [2.45, 2.75) is 44.6 Å². The van der Waals surface area contributed by atoms with Crippen LogP contribution in [0.3, 0.4) is 0 Å². The molecule has 0 saturated heterocycles. The van der Waals surface area contributed by atoms with Gasteiger partial charge in [0, 0.05) is 12.0 Å². The lowest BCUT2D eigenvalue weighted by Crippen LogP contribution is -2.36. The fourth-order valence-electron chi connectivity index (χ4n) is 3.23. The highest BCUT2D eigenvalue weighted by Crippen LogP contribution is 2.43. The summed E-state index contributed by atoms with van der Waals surface area (Å²) in [5.74, 6) is 0.138. The molecule has 3 nitrogen and oxygen atoms in total. The third-order valence-corrected chi connectivity index (χ3v) is 4.06. The molecule has 1 aromatic rings. The van der Waals surface area contributed by atoms with Crippen LogP contribution in [0.25, 0.3) is 0 Å². The van der Waals surface area contributed by atoms with Crippen molar-refractivity contribution in [2.24, 2.45) is 0 Å². The molecule has 1 aliphatic heterocycles. The van der Waals surface area contributed by atoms with Crippen LogP contribution in [-0.2, 0) is 5.54 Å². The fourth-order valence-corrected chi connectivity index (χ4v) is 3.23. The van der Waals surface area contributed by atoms with Crippen molar-refractivity contribution in [3.8, 4) is 0 Å². The summed E-state index contributed by atoms with van der Waals surface area (Å²) in [7, 11) is 0. The van der Waals surface area contributed by atoms with E-state index in [0.29, 0.717) is 12.1 Å². The molecule has 16 heavy (non-hydrogen) atoms. The molecule has 1 saturated carbocycles. The number of fused-ring (bicyclic) bond motifs is 2. The molecule has 3 heteroatoms. The zero-order valence-electron chi connectivity index (χ0n) is 9.45. The largest absolute Gasteiger partial charge is 0.299 e. The van der Waals surface area contributed by atoms with E-state index in [9.17, 15) is 9.59 Å². The summed E-state index contributed by atoms with van der Waals surface area (Å²) in [6.07, 6.45) is 4.76. The second-order valence-electron chi connectivity index (χ2n) is 5.07. The summed E-state index contributed by atoms with van der Waals surface area (Å²) in [5, 5.41) is 0. The van der Waals surface area contributed by atoms with Crippen LogP contribution in [0.15, 0.2) is 16.9 Å². The summed E-state index contributed by atoms with van der Waals surface area (Å²) in [6.45, 7) is 1.82. The number of aromatic nitrogens is 1. The van der Waals surface area contributed by atoms with Gasteiger partial charge >= 0.3 is 0 Å². The smallest absolute Gasteiger partial charge is 0.254 e. The summed E-state index contributed by atoms with van der Waals surface area (Å²) in [5.41, 5.74) is 1.22. The Bertz CT molecular complexity index is 521. The fraction of sp³-hybridized carbons (Fsp3) is 0.538. The number of ketones is 1. The van der Waals surface area contributed by atoms with Gasteiger partial charge < -0.3 is 0 Å². The van der Waals surface area contributed by atoms with Gasteiger partial charge in [0.2, 0.25) is 0 Å². The molecule has 3 rings (SSSR count). The summed E-state index contributed by atoms with van der Waals surface area (Å²) in [4.78, 5) is 24.1. The Morgan fingerprint density at radius 2 is 1.88 bits per heavy atom. The van der Waals surface area contributed by atoms with E-state index in [-0.39, 0.29) is 16.9 Å². The number of nitrogens with zero attached hydrogens (tertiary/aromatic N) is 1. The maximum atomic E-state index is 12.2. The standard InChI is InChI=1S/C13H15NO2/c1-9-4-5-10-11(15)8-13(6-2-3-7-13)14(10)12(9)16/h4-5H,2-3,6-8H2,1H3. The molecule has 1 aromatic heterocycles. The van der Waals surface area contributed by atoms with Crippen LogP contribution in [0, 0.1) is 6.92 Å². The van der Waals surface area contributed by atoms with Crippen molar-refractivity contribution in [3.63, 3.8) is 0 Å². The molecule has 0 aromatic carbocycles. The first-order chi connectivity index (χ1) is 7.64. The van der Waals surface area contributed by atoms with Gasteiger partial charge in [0.15, 0.2) is 5.78 Å². The average Bonchev–Trinajstić information content (AvgIpc) is 2.80. The molecule has 1 aliphatic carbocycles. The molecule has 0 atom stereocenters. The predicted octanol–water partition coefficient (Wildman–Crippen LogP) is 2.01. The molecule has 84 valence electrons. The molecule has 0 unspecified atom stereocenters. The SMILES string of the molecule is Cc1ccc2n(c1=O)C1(CCCC1)CC2=O. The van der Waals surface area contributed by atoms with Crippen molar-refractivity contribution in [2.75, 3.05) is 0 Å². The monoisotopic (exact) mass is 217 g/mol. The van der Waals surface area contributed by atoms with Crippen LogP contribution in [0.1, 0.15) is 48.2 Å². The van der Waals surface area contributed by atoms with E-state index in [1.807, 2.05) is 13.0 Å². The minimum absolute atomic E-state index is 0.0326. The number of Topliss-reactive ketones (excluding diaryl/α,β-unsaturated/α-hetero) is 1. The van der Waals surface area contributed by atoms with Crippen molar-refractivity contribution >= 4 is 5.78 Å². The average molecular weight is 217 g/mol. The van der Waals surface area contributed by atoms with Gasteiger partial charge in [-0.05, 0) is 25.8 Å². The van der Waals surface area contributed by atoms with Gasteiger partial charge in [-0.1, -0.05) is 18.9 Å². The van der Waals surface area contributed by atoms with Gasteiger partial charge in [0.05, 0.1) is 11.2 Å². The summed E-state index contributed by atoms with van der Waals surface area (Å²) < 4.78 is 1.79. The normalized spacial score (nSPS) is 21.7. The van der Waals surface area contributed by atoms with Crippen LogP contribution in [0.4, 0.5) is 0 Å². The van der Waals surface area contributed by atoms with E-state index in [2.05, 4.69) is 0 Å². The van der Waals surface area contributed by atoms with Gasteiger partial charge in [0.1, 0.15) is 0 Å². The Morgan fingerprint density at radius 3 is 2.56 bits per heavy atom. The van der Waals surface area contributed by atoms with Crippen LogP contribution in [0.2, 0.25) is 0 Å². The first-order valence-corrected chi connectivity index (χ1v) is 5.90. The lowest BCUT2D eigenvalue weighted by atomic mass is 9.94. The van der Waals surface area contributed by atoms with Crippen LogP contribution in [-0.4, -0.2) is 10.4 Å². The quantitative estimate of drug-likeness (QED) is 0.666. The molecule has 0 N–H and O–H groups in total. The number of rotatable bonds is 0. The molecule has 1 spiro atoms. The van der Waals surface area contributed by atoms with Crippen LogP contribution >= 0.6 is 0 Å². The van der Waals surface area contributed by atoms with Gasteiger partial charge in [0.25, 0.3) is 5.56 Å². The predicted molar refractivity (Wildman–Crippen MR) is 60.8 cm³/mol. The highest BCUT2D eigenvalue weighted by Gasteiger charge is 2.45. The van der Waals surface area contributed by atoms with Crippen molar-refractivity contribution < 1.29 is 4.79 Å². The van der Waals surface area contributed by atoms with E-state index < -0.39 is 0 Å². The number of pyridine rings is 1. The Labute approximate surface area is 94.1 Å². The summed E-state index contributed by atoms with van der Waals surface area (Å²) >= 11 is 0. The molecule has 0 radical (unpaired) electrons. The number of aryl methyl sites for hydroxylation is 1. The van der Waals surface area contributed by atoms with E-state index in [0.717, 1.165) is 31.2 Å². The Balaban J connectivity index is 2.30. The minimum atomic E-state index is -0.171. The molecule has 2 aliphatic rings. The third kappa shape index (κ3) is 1.09. The third-order valence-electron chi connectivity index (χ3n) is 4.06. The first-order valence-electron chi connectivity index (χ1n) is 5.90. The molecular formula is C13H15NO2. The van der Waals surface area contributed by atoms with Crippen molar-refractivity contribution in [1.82, 2.24) is 4.57 Å². The number of carbonyl (C=O) groups excluding carboxylic acids is 1. The maximum Gasteiger partial charge on any atom is 0.254 e. The number of hydrogen-bond acceptors (Lipinski definition) is 2. The molecule has 2 heterocycles. The van der Waals surface area contributed by atoms with Crippen molar-refractivity contribution in [3.05, 3.63) is 33.7 Å². The molecular weight excluding hydrogens is 202 g/mol. The zero-order valence-corrected chi connectivity index (χ0v) is 9.45. The first kappa shape index (κ1) is 9.82.